The number of hydrogen-bond acceptors (Lipinski definition) is 6. The lowest BCUT2D eigenvalue weighted by atomic mass is 10.2. The Kier molecular flexibility index (Phi) is 5.62. The number of ether oxygens (including phenoxy) is 1. The van der Waals surface area contributed by atoms with Gasteiger partial charge in [0.1, 0.15) is 15.5 Å². The molecule has 0 saturated heterocycles. The van der Waals surface area contributed by atoms with Gasteiger partial charge in [-0.05, 0) is 48.6 Å². The second-order valence-corrected chi connectivity index (χ2v) is 11.4. The third-order valence-electron chi connectivity index (χ3n) is 6.20. The standard InChI is InChI=1S/C25H23N5O3S2/c1-15-13-19(33-17-9-3-2-4-10-17)27-14-35(15)30-18-11-12-26-24-20(18)21(29-25(30)32)22(34-24)23(31)28-16-7-5-6-8-16/h2-4,9-14,16H,5-8H2,1H3,(H,28,31)(H,29,32). The molecule has 1 aromatic carbocycles. The van der Waals surface area contributed by atoms with Gasteiger partial charge in [0.05, 0.1) is 22.3 Å². The van der Waals surface area contributed by atoms with E-state index in [2.05, 4.69) is 20.6 Å². The van der Waals surface area contributed by atoms with Crippen molar-refractivity contribution < 1.29 is 14.3 Å². The molecule has 1 unspecified atom stereocenters. The van der Waals surface area contributed by atoms with Gasteiger partial charge in [-0.1, -0.05) is 31.0 Å². The van der Waals surface area contributed by atoms with Crippen molar-refractivity contribution in [3.63, 3.8) is 0 Å². The number of thiophene rings is 1. The summed E-state index contributed by atoms with van der Waals surface area (Å²) in [7, 11) is -0.737. The fourth-order valence-electron chi connectivity index (χ4n) is 4.55. The summed E-state index contributed by atoms with van der Waals surface area (Å²) >= 11 is 1.31. The van der Waals surface area contributed by atoms with Crippen LogP contribution in [0.4, 0.5) is 16.2 Å². The predicted molar refractivity (Wildman–Crippen MR) is 143 cm³/mol. The van der Waals surface area contributed by atoms with Crippen LogP contribution >= 0.6 is 22.0 Å². The maximum atomic E-state index is 13.4. The van der Waals surface area contributed by atoms with Gasteiger partial charge < -0.3 is 15.4 Å². The second kappa shape index (κ2) is 8.94. The fourth-order valence-corrected chi connectivity index (χ4v) is 7.14. The zero-order valence-electron chi connectivity index (χ0n) is 19.0. The summed E-state index contributed by atoms with van der Waals surface area (Å²) in [4.78, 5) is 37.6. The first-order valence-corrected chi connectivity index (χ1v) is 13.5. The number of carbonyl (C=O) groups excluding carboxylic acids is 2. The molecule has 2 aromatic heterocycles. The Bertz CT molecular complexity index is 1440. The molecule has 0 bridgehead atoms. The molecule has 10 heteroatoms. The largest absolute Gasteiger partial charge is 0.439 e. The van der Waals surface area contributed by atoms with Gasteiger partial charge in [-0.2, -0.15) is 0 Å². The Morgan fingerprint density at radius 3 is 2.80 bits per heavy atom. The molecule has 1 fully saturated rings. The Morgan fingerprint density at radius 2 is 2.03 bits per heavy atom. The van der Waals surface area contributed by atoms with Crippen LogP contribution < -0.4 is 19.7 Å². The lowest BCUT2D eigenvalue weighted by molar-refractivity contribution is 0.0943. The molecule has 178 valence electrons. The van der Waals surface area contributed by atoms with E-state index in [9.17, 15) is 9.59 Å². The normalized spacial score (nSPS) is 19.6. The summed E-state index contributed by atoms with van der Waals surface area (Å²) in [6.07, 6.45) is 7.79. The van der Waals surface area contributed by atoms with Crippen LogP contribution in [0.3, 0.4) is 0 Å². The number of urea groups is 1. The summed E-state index contributed by atoms with van der Waals surface area (Å²) < 4.78 is 7.55. The number of carbonyl (C=O) groups is 2. The quantitative estimate of drug-likeness (QED) is 0.447. The van der Waals surface area contributed by atoms with Crippen LogP contribution in [-0.2, 0) is 0 Å². The highest BCUT2D eigenvalue weighted by Crippen LogP contribution is 2.48. The molecular formula is C25H23N5O3S2. The number of rotatable bonds is 4. The fraction of sp³-hybridized carbons (Fsp3) is 0.240. The number of para-hydroxylation sites is 1. The molecule has 8 nitrogen and oxygen atoms in total. The van der Waals surface area contributed by atoms with Gasteiger partial charge >= 0.3 is 6.03 Å². The van der Waals surface area contributed by atoms with Crippen molar-refractivity contribution in [2.24, 2.45) is 4.99 Å². The number of nitrogens with one attached hydrogen (secondary N) is 2. The molecule has 1 saturated carbocycles. The highest BCUT2D eigenvalue weighted by molar-refractivity contribution is 8.20. The molecule has 3 aliphatic rings. The van der Waals surface area contributed by atoms with E-state index in [1.165, 1.54) is 11.3 Å². The third-order valence-corrected chi connectivity index (χ3v) is 9.14. The van der Waals surface area contributed by atoms with Crippen LogP contribution in [0.5, 0.6) is 5.75 Å². The molecule has 4 heterocycles. The first kappa shape index (κ1) is 22.0. The highest BCUT2D eigenvalue weighted by Gasteiger charge is 2.34. The number of pyridine rings is 1. The van der Waals surface area contributed by atoms with Crippen molar-refractivity contribution in [1.82, 2.24) is 10.3 Å². The molecule has 3 aromatic rings. The molecule has 1 aliphatic carbocycles. The minimum atomic E-state index is -0.737. The molecule has 2 N–H and O–H groups in total. The monoisotopic (exact) mass is 505 g/mol. The number of hydrogen-bond donors (Lipinski definition) is 2. The summed E-state index contributed by atoms with van der Waals surface area (Å²) in [5, 5.41) is 6.89. The van der Waals surface area contributed by atoms with Crippen LogP contribution in [0.1, 0.15) is 42.3 Å². The summed E-state index contributed by atoms with van der Waals surface area (Å²) in [5.74, 6) is 1.02. The van der Waals surface area contributed by atoms with Gasteiger partial charge in [-0.3, -0.25) is 4.79 Å². The lowest BCUT2D eigenvalue weighted by Gasteiger charge is -2.31. The highest BCUT2D eigenvalue weighted by atomic mass is 32.2. The van der Waals surface area contributed by atoms with Gasteiger partial charge in [0.2, 0.25) is 5.90 Å². The van der Waals surface area contributed by atoms with Crippen molar-refractivity contribution in [3.8, 4) is 5.75 Å². The number of benzene rings is 1. The molecule has 2 aliphatic heterocycles. The molecule has 0 radical (unpaired) electrons. The Balaban J connectivity index is 1.35. The smallest absolute Gasteiger partial charge is 0.336 e. The average Bonchev–Trinajstić information content (AvgIpc) is 3.50. The SMILES string of the molecule is CC1=CC(Oc2ccccc2)=NC=S1N1C(=O)Nc2c(C(=O)NC3CCCC3)sc3nccc1c23. The number of anilines is 2. The first-order valence-electron chi connectivity index (χ1n) is 11.5. The van der Waals surface area contributed by atoms with Gasteiger partial charge in [-0.15, -0.1) is 11.3 Å². The van der Waals surface area contributed by atoms with E-state index in [1.54, 1.807) is 16.0 Å². The second-order valence-electron chi connectivity index (χ2n) is 8.55. The minimum absolute atomic E-state index is 0.148. The lowest BCUT2D eigenvalue weighted by Crippen LogP contribution is -2.36. The van der Waals surface area contributed by atoms with Crippen molar-refractivity contribution in [1.29, 1.82) is 0 Å². The van der Waals surface area contributed by atoms with Gasteiger partial charge in [0.15, 0.2) is 0 Å². The number of amides is 3. The summed E-state index contributed by atoms with van der Waals surface area (Å²) in [6.45, 7) is 1.96. The minimum Gasteiger partial charge on any atom is -0.439 e. The van der Waals surface area contributed by atoms with Gasteiger partial charge in [0.25, 0.3) is 5.91 Å². The van der Waals surface area contributed by atoms with Crippen LogP contribution in [0.2, 0.25) is 0 Å². The van der Waals surface area contributed by atoms with E-state index in [0.29, 0.717) is 22.2 Å². The Hall–Kier alpha value is -3.50. The van der Waals surface area contributed by atoms with E-state index in [1.807, 2.05) is 49.4 Å². The van der Waals surface area contributed by atoms with E-state index in [4.69, 9.17) is 4.74 Å². The van der Waals surface area contributed by atoms with Crippen molar-refractivity contribution in [2.45, 2.75) is 38.6 Å². The number of nitrogens with zero attached hydrogens (tertiary/aromatic N) is 3. The van der Waals surface area contributed by atoms with Crippen molar-refractivity contribution in [2.75, 3.05) is 9.62 Å². The van der Waals surface area contributed by atoms with E-state index in [0.717, 1.165) is 46.5 Å². The summed E-state index contributed by atoms with van der Waals surface area (Å²) in [6, 6.07) is 11.2. The average molecular weight is 506 g/mol. The van der Waals surface area contributed by atoms with E-state index < -0.39 is 10.7 Å². The molecule has 0 spiro atoms. The summed E-state index contributed by atoms with van der Waals surface area (Å²) in [5.41, 5.74) is 3.01. The van der Waals surface area contributed by atoms with E-state index >= 15 is 0 Å². The zero-order chi connectivity index (χ0) is 23.9. The topological polar surface area (TPSA) is 95.9 Å². The molecule has 1 atom stereocenters. The maximum Gasteiger partial charge on any atom is 0.336 e. The van der Waals surface area contributed by atoms with Crippen LogP contribution in [-0.4, -0.2) is 34.4 Å². The predicted octanol–water partition coefficient (Wildman–Crippen LogP) is 5.66. The molecule has 3 amide bonds. The Morgan fingerprint density at radius 1 is 1.23 bits per heavy atom. The van der Waals surface area contributed by atoms with Gasteiger partial charge in [0, 0.05) is 23.2 Å². The van der Waals surface area contributed by atoms with Crippen LogP contribution in [0.15, 0.2) is 58.6 Å². The Labute approximate surface area is 208 Å². The van der Waals surface area contributed by atoms with Crippen LogP contribution in [0, 0.1) is 0 Å². The zero-order valence-corrected chi connectivity index (χ0v) is 20.6. The number of aromatic nitrogens is 1. The number of allylic oxidation sites excluding steroid dienone is 1. The van der Waals surface area contributed by atoms with Gasteiger partial charge in [-0.25, -0.2) is 19.1 Å². The molecular weight excluding hydrogens is 482 g/mol. The van der Waals surface area contributed by atoms with Crippen LogP contribution in [0.25, 0.3) is 10.2 Å². The third kappa shape index (κ3) is 4.02. The van der Waals surface area contributed by atoms with E-state index in [-0.39, 0.29) is 18.0 Å². The number of aliphatic imine (C=N–C) groups is 1. The van der Waals surface area contributed by atoms with Crippen molar-refractivity contribution in [3.05, 3.63) is 58.5 Å². The first-order chi connectivity index (χ1) is 17.1. The molecule has 35 heavy (non-hydrogen) atoms. The van der Waals surface area contributed by atoms with Crippen molar-refractivity contribution >= 4 is 66.9 Å². The molecule has 6 rings (SSSR count). The maximum absolute atomic E-state index is 13.4.